The summed E-state index contributed by atoms with van der Waals surface area (Å²) in [5.41, 5.74) is 0. The zero-order valence-electron chi connectivity index (χ0n) is 11.9. The van der Waals surface area contributed by atoms with Crippen LogP contribution in [0.1, 0.15) is 39.5 Å². The van der Waals surface area contributed by atoms with Crippen molar-refractivity contribution in [2.24, 2.45) is 5.92 Å². The molecule has 0 aliphatic carbocycles. The monoisotopic (exact) mass is 271 g/mol. The molecule has 2 atom stereocenters. The second-order valence-corrected chi connectivity index (χ2v) is 5.86. The predicted octanol–water partition coefficient (Wildman–Crippen LogP) is 1.71. The number of likely N-dealkylation sites (tertiary alicyclic amines) is 1. The normalized spacial score (nSPS) is 30.1. The van der Waals surface area contributed by atoms with Gasteiger partial charge in [-0.05, 0) is 46.2 Å². The van der Waals surface area contributed by atoms with Gasteiger partial charge in [0.2, 0.25) is 0 Å². The maximum absolute atomic E-state index is 10.5. The quantitative estimate of drug-likeness (QED) is 0.825. The van der Waals surface area contributed by atoms with Crippen molar-refractivity contribution in [2.75, 3.05) is 19.7 Å². The van der Waals surface area contributed by atoms with Crippen LogP contribution in [0.4, 0.5) is 0 Å². The number of nitrogens with zero attached hydrogens (tertiary/aromatic N) is 1. The first-order valence-electron chi connectivity index (χ1n) is 7.29. The van der Waals surface area contributed by atoms with Crippen molar-refractivity contribution >= 4 is 5.97 Å². The van der Waals surface area contributed by atoms with Crippen LogP contribution >= 0.6 is 0 Å². The number of carboxylic acids is 1. The molecule has 110 valence electrons. The van der Waals surface area contributed by atoms with Gasteiger partial charge in [0.05, 0.1) is 12.7 Å². The van der Waals surface area contributed by atoms with E-state index in [2.05, 4.69) is 18.7 Å². The van der Waals surface area contributed by atoms with Crippen LogP contribution in [0.25, 0.3) is 0 Å². The summed E-state index contributed by atoms with van der Waals surface area (Å²) in [6.07, 6.45) is 2.77. The van der Waals surface area contributed by atoms with E-state index < -0.39 is 5.97 Å². The lowest BCUT2D eigenvalue weighted by molar-refractivity contribution is -0.138. The Labute approximate surface area is 114 Å². The zero-order chi connectivity index (χ0) is 13.8. The van der Waals surface area contributed by atoms with E-state index in [9.17, 15) is 4.79 Å². The molecule has 1 N–H and O–H groups in total. The average molecular weight is 271 g/mol. The number of carbonyl (C=O) groups is 1. The van der Waals surface area contributed by atoms with Crippen molar-refractivity contribution in [3.63, 3.8) is 0 Å². The van der Waals surface area contributed by atoms with E-state index in [-0.39, 0.29) is 18.8 Å². The van der Waals surface area contributed by atoms with Crippen LogP contribution in [0.5, 0.6) is 0 Å². The smallest absolute Gasteiger partial charge is 0.303 e. The lowest BCUT2D eigenvalue weighted by atomic mass is 9.95. The maximum atomic E-state index is 10.5. The summed E-state index contributed by atoms with van der Waals surface area (Å²) in [6, 6.07) is 0.606. The van der Waals surface area contributed by atoms with Gasteiger partial charge in [-0.3, -0.25) is 4.79 Å². The summed E-state index contributed by atoms with van der Waals surface area (Å²) in [5, 5.41) is 8.67. The minimum atomic E-state index is -0.766. The molecule has 5 nitrogen and oxygen atoms in total. The maximum Gasteiger partial charge on any atom is 0.303 e. The highest BCUT2D eigenvalue weighted by atomic mass is 16.7. The standard InChI is InChI=1S/C14H25NO4/c1-10(2)15-7-5-11(6-8-15)14-18-9-12(19-14)3-4-13(16)17/h10-12,14H,3-9H2,1-2H3,(H,16,17). The Balaban J connectivity index is 1.71. The van der Waals surface area contributed by atoms with E-state index in [1.165, 1.54) is 0 Å². The fourth-order valence-electron chi connectivity index (χ4n) is 2.86. The SMILES string of the molecule is CC(C)N1CCC(C2OCC(CCC(=O)O)O2)CC1. The number of rotatable bonds is 5. The molecule has 2 fully saturated rings. The van der Waals surface area contributed by atoms with Crippen molar-refractivity contribution in [3.05, 3.63) is 0 Å². The molecule has 0 amide bonds. The lowest BCUT2D eigenvalue weighted by Gasteiger charge is -2.36. The number of piperidine rings is 1. The number of aliphatic carboxylic acids is 1. The van der Waals surface area contributed by atoms with E-state index in [0.29, 0.717) is 25.0 Å². The molecule has 2 saturated heterocycles. The van der Waals surface area contributed by atoms with Gasteiger partial charge in [0.15, 0.2) is 6.29 Å². The molecule has 0 aromatic carbocycles. The molecule has 2 aliphatic rings. The summed E-state index contributed by atoms with van der Waals surface area (Å²) < 4.78 is 11.5. The summed E-state index contributed by atoms with van der Waals surface area (Å²) >= 11 is 0. The van der Waals surface area contributed by atoms with E-state index in [0.717, 1.165) is 25.9 Å². The Morgan fingerprint density at radius 3 is 2.63 bits per heavy atom. The second kappa shape index (κ2) is 6.68. The second-order valence-electron chi connectivity index (χ2n) is 5.86. The third-order valence-corrected chi connectivity index (χ3v) is 4.14. The predicted molar refractivity (Wildman–Crippen MR) is 70.9 cm³/mol. The Bertz CT molecular complexity index is 300. The molecule has 0 aromatic heterocycles. The Hall–Kier alpha value is -0.650. The molecule has 0 aromatic rings. The minimum absolute atomic E-state index is 0.0378. The van der Waals surface area contributed by atoms with Gasteiger partial charge in [-0.15, -0.1) is 0 Å². The molecule has 0 saturated carbocycles. The Kier molecular flexibility index (Phi) is 5.19. The van der Waals surface area contributed by atoms with Gasteiger partial charge < -0.3 is 19.5 Å². The van der Waals surface area contributed by atoms with Crippen LogP contribution in [-0.4, -0.2) is 54.1 Å². The van der Waals surface area contributed by atoms with Crippen molar-refractivity contribution in [1.29, 1.82) is 0 Å². The van der Waals surface area contributed by atoms with Crippen LogP contribution < -0.4 is 0 Å². The molecule has 2 heterocycles. The summed E-state index contributed by atoms with van der Waals surface area (Å²) in [4.78, 5) is 13.0. The number of ether oxygens (including phenoxy) is 2. The van der Waals surface area contributed by atoms with Gasteiger partial charge in [-0.25, -0.2) is 0 Å². The lowest BCUT2D eigenvalue weighted by Crippen LogP contribution is -2.41. The van der Waals surface area contributed by atoms with E-state index in [1.54, 1.807) is 0 Å². The fourth-order valence-corrected chi connectivity index (χ4v) is 2.86. The Morgan fingerprint density at radius 2 is 2.05 bits per heavy atom. The molecule has 5 heteroatoms. The van der Waals surface area contributed by atoms with Crippen LogP contribution in [0, 0.1) is 5.92 Å². The molecular weight excluding hydrogens is 246 g/mol. The number of carboxylic acid groups (broad SMARTS) is 1. The molecule has 2 rings (SSSR count). The van der Waals surface area contributed by atoms with Crippen LogP contribution in [-0.2, 0) is 14.3 Å². The number of hydrogen-bond donors (Lipinski definition) is 1. The van der Waals surface area contributed by atoms with E-state index in [1.807, 2.05) is 0 Å². The largest absolute Gasteiger partial charge is 0.481 e. The topological polar surface area (TPSA) is 59.0 Å². The average Bonchev–Trinajstić information content (AvgIpc) is 2.85. The van der Waals surface area contributed by atoms with Crippen molar-refractivity contribution in [3.8, 4) is 0 Å². The molecule has 0 bridgehead atoms. The van der Waals surface area contributed by atoms with Gasteiger partial charge in [0, 0.05) is 18.4 Å². The van der Waals surface area contributed by atoms with E-state index >= 15 is 0 Å². The van der Waals surface area contributed by atoms with Crippen LogP contribution in [0.15, 0.2) is 0 Å². The number of hydrogen-bond acceptors (Lipinski definition) is 4. The first kappa shape index (κ1) is 14.8. The fraction of sp³-hybridized carbons (Fsp3) is 0.929. The molecule has 2 unspecified atom stereocenters. The molecular formula is C14H25NO4. The van der Waals surface area contributed by atoms with Crippen LogP contribution in [0.2, 0.25) is 0 Å². The van der Waals surface area contributed by atoms with Gasteiger partial charge >= 0.3 is 5.97 Å². The molecule has 0 spiro atoms. The van der Waals surface area contributed by atoms with Crippen LogP contribution in [0.3, 0.4) is 0 Å². The third kappa shape index (κ3) is 4.16. The summed E-state index contributed by atoms with van der Waals surface area (Å²) in [6.45, 7) is 7.20. The molecule has 19 heavy (non-hydrogen) atoms. The first-order chi connectivity index (χ1) is 9.06. The molecule has 2 aliphatic heterocycles. The minimum Gasteiger partial charge on any atom is -0.481 e. The summed E-state index contributed by atoms with van der Waals surface area (Å²) in [7, 11) is 0. The Morgan fingerprint density at radius 1 is 1.37 bits per heavy atom. The van der Waals surface area contributed by atoms with E-state index in [4.69, 9.17) is 14.6 Å². The first-order valence-corrected chi connectivity index (χ1v) is 7.29. The highest BCUT2D eigenvalue weighted by Crippen LogP contribution is 2.29. The zero-order valence-corrected chi connectivity index (χ0v) is 11.9. The van der Waals surface area contributed by atoms with Gasteiger partial charge in [-0.2, -0.15) is 0 Å². The summed E-state index contributed by atoms with van der Waals surface area (Å²) in [5.74, 6) is -0.304. The van der Waals surface area contributed by atoms with Gasteiger partial charge in [0.1, 0.15) is 0 Å². The van der Waals surface area contributed by atoms with Gasteiger partial charge in [-0.1, -0.05) is 0 Å². The highest BCUT2D eigenvalue weighted by molar-refractivity contribution is 5.66. The van der Waals surface area contributed by atoms with Crippen molar-refractivity contribution in [1.82, 2.24) is 4.90 Å². The third-order valence-electron chi connectivity index (χ3n) is 4.14. The van der Waals surface area contributed by atoms with Crippen molar-refractivity contribution < 1.29 is 19.4 Å². The highest BCUT2D eigenvalue weighted by Gasteiger charge is 2.34. The van der Waals surface area contributed by atoms with Crippen molar-refractivity contribution in [2.45, 2.75) is 58.0 Å². The molecule has 0 radical (unpaired) electrons. The van der Waals surface area contributed by atoms with Gasteiger partial charge in [0.25, 0.3) is 0 Å².